The summed E-state index contributed by atoms with van der Waals surface area (Å²) < 4.78 is 6.81. The lowest BCUT2D eigenvalue weighted by atomic mass is 10.2. The van der Waals surface area contributed by atoms with Gasteiger partial charge < -0.3 is 4.74 Å². The van der Waals surface area contributed by atoms with Gasteiger partial charge in [-0.1, -0.05) is 29.8 Å². The molecule has 1 heterocycles. The summed E-state index contributed by atoms with van der Waals surface area (Å²) in [7, 11) is 0. The van der Waals surface area contributed by atoms with Gasteiger partial charge in [0.1, 0.15) is 12.9 Å². The van der Waals surface area contributed by atoms with Gasteiger partial charge in [-0.2, -0.15) is 0 Å². The molecule has 3 rings (SSSR count). The molecule has 6 nitrogen and oxygen atoms in total. The second kappa shape index (κ2) is 6.17. The zero-order valence-electron chi connectivity index (χ0n) is 12.0. The molecule has 1 aromatic heterocycles. The highest BCUT2D eigenvalue weighted by Gasteiger charge is 2.08. The van der Waals surface area contributed by atoms with Crippen LogP contribution in [0.25, 0.3) is 5.69 Å². The third-order valence-corrected chi connectivity index (χ3v) is 3.21. The molecule has 0 aliphatic carbocycles. The lowest BCUT2D eigenvalue weighted by Gasteiger charge is -2.06. The number of aromatic nitrogens is 4. The van der Waals surface area contributed by atoms with Crippen molar-refractivity contribution in [1.29, 1.82) is 0 Å². The molecule has 110 valence electrons. The maximum atomic E-state index is 12.0. The first-order chi connectivity index (χ1) is 10.7. The summed E-state index contributed by atoms with van der Waals surface area (Å²) >= 11 is 0. The summed E-state index contributed by atoms with van der Waals surface area (Å²) in [6.07, 6.45) is 1.49. The molecular weight excluding hydrogens is 280 g/mol. The van der Waals surface area contributed by atoms with E-state index < -0.39 is 0 Å². The van der Waals surface area contributed by atoms with E-state index in [9.17, 15) is 4.79 Å². The van der Waals surface area contributed by atoms with Crippen LogP contribution < -0.4 is 0 Å². The van der Waals surface area contributed by atoms with Crippen LogP contribution in [0.4, 0.5) is 0 Å². The van der Waals surface area contributed by atoms with E-state index in [2.05, 4.69) is 15.5 Å². The fourth-order valence-corrected chi connectivity index (χ4v) is 1.95. The zero-order chi connectivity index (χ0) is 15.4. The van der Waals surface area contributed by atoms with Crippen molar-refractivity contribution < 1.29 is 9.53 Å². The van der Waals surface area contributed by atoms with Gasteiger partial charge in [0.15, 0.2) is 0 Å². The molecule has 2 aromatic carbocycles. The number of rotatable bonds is 4. The van der Waals surface area contributed by atoms with Crippen molar-refractivity contribution in [3.8, 4) is 5.69 Å². The number of carbonyl (C=O) groups is 1. The summed E-state index contributed by atoms with van der Waals surface area (Å²) in [5.41, 5.74) is 3.40. The molecule has 0 aliphatic rings. The topological polar surface area (TPSA) is 69.9 Å². The van der Waals surface area contributed by atoms with Crippen molar-refractivity contribution in [2.24, 2.45) is 0 Å². The molecule has 0 aliphatic heterocycles. The molecule has 22 heavy (non-hydrogen) atoms. The van der Waals surface area contributed by atoms with E-state index in [1.165, 1.54) is 16.6 Å². The Morgan fingerprint density at radius 2 is 1.82 bits per heavy atom. The number of hydrogen-bond donors (Lipinski definition) is 0. The summed E-state index contributed by atoms with van der Waals surface area (Å²) in [5, 5.41) is 10.9. The average molecular weight is 294 g/mol. The van der Waals surface area contributed by atoms with Gasteiger partial charge >= 0.3 is 5.97 Å². The van der Waals surface area contributed by atoms with Crippen LogP contribution in [0.2, 0.25) is 0 Å². The standard InChI is InChI=1S/C16H14N4O2/c1-12-2-4-13(5-3-12)10-22-16(21)14-6-8-15(9-7-14)20-11-17-18-19-20/h2-9,11H,10H2,1H3. The molecule has 0 saturated carbocycles. The smallest absolute Gasteiger partial charge is 0.338 e. The quantitative estimate of drug-likeness (QED) is 0.691. The minimum Gasteiger partial charge on any atom is -0.457 e. The summed E-state index contributed by atoms with van der Waals surface area (Å²) in [4.78, 5) is 12.0. The second-order valence-corrected chi connectivity index (χ2v) is 4.86. The van der Waals surface area contributed by atoms with Gasteiger partial charge in [0.25, 0.3) is 0 Å². The highest BCUT2D eigenvalue weighted by molar-refractivity contribution is 5.89. The number of hydrogen-bond acceptors (Lipinski definition) is 5. The van der Waals surface area contributed by atoms with Crippen molar-refractivity contribution in [3.63, 3.8) is 0 Å². The molecule has 0 atom stereocenters. The number of tetrazole rings is 1. The van der Waals surface area contributed by atoms with E-state index >= 15 is 0 Å². The molecule has 0 bridgehead atoms. The van der Waals surface area contributed by atoms with Gasteiger partial charge in [0.2, 0.25) is 0 Å². The normalized spacial score (nSPS) is 10.4. The van der Waals surface area contributed by atoms with Crippen molar-refractivity contribution in [2.45, 2.75) is 13.5 Å². The Morgan fingerprint density at radius 3 is 2.45 bits per heavy atom. The van der Waals surface area contributed by atoms with Crippen LogP contribution in [0, 0.1) is 6.92 Å². The largest absolute Gasteiger partial charge is 0.457 e. The highest BCUT2D eigenvalue weighted by Crippen LogP contribution is 2.11. The van der Waals surface area contributed by atoms with Gasteiger partial charge in [0.05, 0.1) is 11.3 Å². The maximum Gasteiger partial charge on any atom is 0.338 e. The number of nitrogens with zero attached hydrogens (tertiary/aromatic N) is 4. The molecule has 0 N–H and O–H groups in total. The Bertz CT molecular complexity index is 750. The van der Waals surface area contributed by atoms with Crippen molar-refractivity contribution in [1.82, 2.24) is 20.2 Å². The molecule has 3 aromatic rings. The zero-order valence-corrected chi connectivity index (χ0v) is 12.0. The van der Waals surface area contributed by atoms with Gasteiger partial charge in [-0.3, -0.25) is 0 Å². The van der Waals surface area contributed by atoms with Crippen LogP contribution in [0.15, 0.2) is 54.9 Å². The van der Waals surface area contributed by atoms with E-state index in [-0.39, 0.29) is 12.6 Å². The number of aryl methyl sites for hydroxylation is 1. The average Bonchev–Trinajstić information content (AvgIpc) is 3.09. The molecule has 0 spiro atoms. The van der Waals surface area contributed by atoms with Crippen LogP contribution in [0.5, 0.6) is 0 Å². The third kappa shape index (κ3) is 3.17. The first-order valence-electron chi connectivity index (χ1n) is 6.78. The lowest BCUT2D eigenvalue weighted by Crippen LogP contribution is -2.05. The molecule has 0 radical (unpaired) electrons. The number of benzene rings is 2. The van der Waals surface area contributed by atoms with E-state index in [0.29, 0.717) is 5.56 Å². The minimum absolute atomic E-state index is 0.258. The molecule has 0 fully saturated rings. The highest BCUT2D eigenvalue weighted by atomic mass is 16.5. The van der Waals surface area contributed by atoms with Crippen molar-refractivity contribution in [2.75, 3.05) is 0 Å². The molecule has 0 amide bonds. The maximum absolute atomic E-state index is 12.0. The van der Waals surface area contributed by atoms with Crippen LogP contribution >= 0.6 is 0 Å². The Balaban J connectivity index is 1.63. The SMILES string of the molecule is Cc1ccc(COC(=O)c2ccc(-n3cnnn3)cc2)cc1. The van der Waals surface area contributed by atoms with E-state index in [4.69, 9.17) is 4.74 Å². The Labute approximate surface area is 127 Å². The molecule has 6 heteroatoms. The summed E-state index contributed by atoms with van der Waals surface area (Å²) in [6.45, 7) is 2.27. The van der Waals surface area contributed by atoms with Crippen molar-refractivity contribution >= 4 is 5.97 Å². The monoisotopic (exact) mass is 294 g/mol. The predicted molar refractivity (Wildman–Crippen MR) is 79.5 cm³/mol. The fraction of sp³-hybridized carbons (Fsp3) is 0.125. The van der Waals surface area contributed by atoms with Crippen LogP contribution in [0.1, 0.15) is 21.5 Å². The number of esters is 1. The predicted octanol–water partition coefficient (Wildman–Crippen LogP) is 2.33. The first kappa shape index (κ1) is 13.9. The minimum atomic E-state index is -0.358. The Morgan fingerprint density at radius 1 is 1.09 bits per heavy atom. The van der Waals surface area contributed by atoms with E-state index in [1.807, 2.05) is 31.2 Å². The third-order valence-electron chi connectivity index (χ3n) is 3.21. The second-order valence-electron chi connectivity index (χ2n) is 4.86. The number of ether oxygens (including phenoxy) is 1. The van der Waals surface area contributed by atoms with Crippen LogP contribution in [-0.4, -0.2) is 26.2 Å². The Hall–Kier alpha value is -3.02. The van der Waals surface area contributed by atoms with Gasteiger partial charge in [-0.25, -0.2) is 9.48 Å². The van der Waals surface area contributed by atoms with E-state index in [0.717, 1.165) is 11.3 Å². The van der Waals surface area contributed by atoms with Gasteiger partial charge in [0, 0.05) is 0 Å². The van der Waals surface area contributed by atoms with E-state index in [1.54, 1.807) is 24.3 Å². The molecule has 0 saturated heterocycles. The summed E-state index contributed by atoms with van der Waals surface area (Å²) in [6, 6.07) is 14.8. The molecule has 0 unspecified atom stereocenters. The molecular formula is C16H14N4O2. The van der Waals surface area contributed by atoms with Crippen molar-refractivity contribution in [3.05, 3.63) is 71.5 Å². The van der Waals surface area contributed by atoms with Crippen LogP contribution in [0.3, 0.4) is 0 Å². The Kier molecular flexibility index (Phi) is 3.91. The lowest BCUT2D eigenvalue weighted by molar-refractivity contribution is 0.0472. The van der Waals surface area contributed by atoms with Gasteiger partial charge in [-0.15, -0.1) is 5.10 Å². The fourth-order valence-electron chi connectivity index (χ4n) is 1.95. The summed E-state index contributed by atoms with van der Waals surface area (Å²) in [5.74, 6) is -0.358. The first-order valence-corrected chi connectivity index (χ1v) is 6.78. The van der Waals surface area contributed by atoms with Gasteiger partial charge in [-0.05, 0) is 47.2 Å². The van der Waals surface area contributed by atoms with Crippen LogP contribution in [-0.2, 0) is 11.3 Å². The number of carbonyl (C=O) groups excluding carboxylic acids is 1.